The minimum absolute atomic E-state index is 0.0746. The Morgan fingerprint density at radius 1 is 1.08 bits per heavy atom. The molecule has 2 saturated heterocycles. The van der Waals surface area contributed by atoms with E-state index in [0.29, 0.717) is 19.3 Å². The SMILES string of the molecule is O=C(NC1(C(F)(F)F)CC1)C(=O)N1C[C@@H]2CCC[C@@H]2[C@H]1C(=O)N[C@@H](C[C@@H]1CCNC1=O)C(=O)COC(F)(F)F. The van der Waals surface area contributed by atoms with Gasteiger partial charge in [-0.25, -0.2) is 0 Å². The number of hydrogen-bond acceptors (Lipinski definition) is 6. The van der Waals surface area contributed by atoms with Crippen molar-refractivity contribution in [3.05, 3.63) is 0 Å². The van der Waals surface area contributed by atoms with Gasteiger partial charge in [-0.1, -0.05) is 6.42 Å². The highest BCUT2D eigenvalue weighted by Gasteiger charge is 2.65. The summed E-state index contributed by atoms with van der Waals surface area (Å²) in [6.07, 6.45) is -8.96. The number of fused-ring (bicyclic) bond motifs is 1. The maximum absolute atomic E-state index is 13.4. The van der Waals surface area contributed by atoms with Gasteiger partial charge >= 0.3 is 24.4 Å². The summed E-state index contributed by atoms with van der Waals surface area (Å²) in [4.78, 5) is 64.5. The Labute approximate surface area is 218 Å². The molecule has 4 aliphatic rings. The monoisotopic (exact) mass is 570 g/mol. The number of likely N-dealkylation sites (tertiary alicyclic amines) is 1. The van der Waals surface area contributed by atoms with Gasteiger partial charge in [-0.15, -0.1) is 13.2 Å². The molecule has 0 spiro atoms. The molecule has 2 saturated carbocycles. The number of ketones is 1. The second kappa shape index (κ2) is 10.6. The van der Waals surface area contributed by atoms with Crippen LogP contribution < -0.4 is 16.0 Å². The van der Waals surface area contributed by atoms with Crippen molar-refractivity contribution in [2.45, 2.75) is 75.1 Å². The van der Waals surface area contributed by atoms with E-state index < -0.39 is 78.0 Å². The van der Waals surface area contributed by atoms with E-state index in [0.717, 1.165) is 4.90 Å². The molecule has 0 bridgehead atoms. The molecular formula is C23H28F6N4O6. The summed E-state index contributed by atoms with van der Waals surface area (Å²) < 4.78 is 81.1. The number of rotatable bonds is 8. The molecule has 3 N–H and O–H groups in total. The molecule has 2 aliphatic carbocycles. The Morgan fingerprint density at radius 2 is 1.77 bits per heavy atom. The van der Waals surface area contributed by atoms with Gasteiger partial charge in [0.25, 0.3) is 0 Å². The van der Waals surface area contributed by atoms with Crippen LogP contribution in [0.2, 0.25) is 0 Å². The lowest BCUT2D eigenvalue weighted by Crippen LogP contribution is -2.58. The van der Waals surface area contributed by atoms with Crippen LogP contribution in [0.1, 0.15) is 44.9 Å². The first-order valence-corrected chi connectivity index (χ1v) is 12.6. The molecule has 2 aliphatic heterocycles. The molecule has 4 fully saturated rings. The Balaban J connectivity index is 1.50. The molecule has 5 atom stereocenters. The maximum Gasteiger partial charge on any atom is 0.522 e. The summed E-state index contributed by atoms with van der Waals surface area (Å²) in [6, 6.07) is -2.90. The van der Waals surface area contributed by atoms with E-state index in [1.807, 2.05) is 0 Å². The summed E-state index contributed by atoms with van der Waals surface area (Å²) in [5, 5.41) is 6.61. The highest BCUT2D eigenvalue weighted by Crippen LogP contribution is 2.49. The number of halogens is 6. The van der Waals surface area contributed by atoms with Crippen molar-refractivity contribution in [1.29, 1.82) is 0 Å². The van der Waals surface area contributed by atoms with E-state index in [1.165, 1.54) is 0 Å². The minimum atomic E-state index is -5.12. The van der Waals surface area contributed by atoms with E-state index >= 15 is 0 Å². The van der Waals surface area contributed by atoms with Crippen molar-refractivity contribution < 1.29 is 55.1 Å². The zero-order valence-electron chi connectivity index (χ0n) is 20.6. The van der Waals surface area contributed by atoms with Crippen LogP contribution in [0.25, 0.3) is 0 Å². The van der Waals surface area contributed by atoms with Crippen molar-refractivity contribution in [2.24, 2.45) is 17.8 Å². The molecule has 4 rings (SSSR count). The molecule has 16 heteroatoms. The first-order chi connectivity index (χ1) is 18.1. The summed E-state index contributed by atoms with van der Waals surface area (Å²) in [5.74, 6) is -6.84. The summed E-state index contributed by atoms with van der Waals surface area (Å²) in [7, 11) is 0. The minimum Gasteiger partial charge on any atom is -0.356 e. The van der Waals surface area contributed by atoms with Crippen LogP contribution in [0, 0.1) is 17.8 Å². The molecule has 0 aromatic heterocycles. The number of hydrogen-bond donors (Lipinski definition) is 3. The highest BCUT2D eigenvalue weighted by atomic mass is 19.4. The molecule has 0 radical (unpaired) electrons. The van der Waals surface area contributed by atoms with Gasteiger partial charge in [-0.2, -0.15) is 13.2 Å². The van der Waals surface area contributed by atoms with Gasteiger partial charge in [0.05, 0.1) is 6.04 Å². The predicted molar refractivity (Wildman–Crippen MR) is 117 cm³/mol. The summed E-state index contributed by atoms with van der Waals surface area (Å²) >= 11 is 0. The van der Waals surface area contributed by atoms with Gasteiger partial charge in [0.1, 0.15) is 18.2 Å². The third kappa shape index (κ3) is 6.30. The molecule has 218 valence electrons. The molecule has 2 heterocycles. The fourth-order valence-electron chi connectivity index (χ4n) is 5.79. The first kappa shape index (κ1) is 29.1. The number of alkyl halides is 6. The molecule has 39 heavy (non-hydrogen) atoms. The van der Waals surface area contributed by atoms with Gasteiger partial charge < -0.3 is 20.9 Å². The van der Waals surface area contributed by atoms with Gasteiger partial charge in [0.15, 0.2) is 5.78 Å². The van der Waals surface area contributed by atoms with Crippen LogP contribution in [0.15, 0.2) is 0 Å². The molecule has 0 aromatic carbocycles. The van der Waals surface area contributed by atoms with Crippen molar-refractivity contribution in [3.8, 4) is 0 Å². The second-order valence-electron chi connectivity index (χ2n) is 10.6. The van der Waals surface area contributed by atoms with E-state index in [4.69, 9.17) is 0 Å². The van der Waals surface area contributed by atoms with E-state index in [2.05, 4.69) is 15.4 Å². The molecule has 0 unspecified atom stereocenters. The first-order valence-electron chi connectivity index (χ1n) is 12.6. The van der Waals surface area contributed by atoms with Crippen LogP contribution in [-0.4, -0.2) is 84.2 Å². The van der Waals surface area contributed by atoms with E-state index in [-0.39, 0.29) is 44.7 Å². The number of carbonyl (C=O) groups excluding carboxylic acids is 5. The van der Waals surface area contributed by atoms with Gasteiger partial charge in [0.2, 0.25) is 11.8 Å². The lowest BCUT2D eigenvalue weighted by Gasteiger charge is -2.29. The number of amides is 4. The number of carbonyl (C=O) groups is 5. The van der Waals surface area contributed by atoms with Crippen molar-refractivity contribution in [1.82, 2.24) is 20.9 Å². The summed E-state index contributed by atoms with van der Waals surface area (Å²) in [5.41, 5.74) is -2.50. The Kier molecular flexibility index (Phi) is 7.89. The summed E-state index contributed by atoms with van der Waals surface area (Å²) in [6.45, 7) is -1.22. The topological polar surface area (TPSA) is 134 Å². The third-order valence-electron chi connectivity index (χ3n) is 8.03. The van der Waals surface area contributed by atoms with Crippen LogP contribution in [0.3, 0.4) is 0 Å². The largest absolute Gasteiger partial charge is 0.522 e. The van der Waals surface area contributed by atoms with Gasteiger partial charge in [-0.3, -0.25) is 28.7 Å². The maximum atomic E-state index is 13.4. The zero-order valence-corrected chi connectivity index (χ0v) is 20.6. The van der Waals surface area contributed by atoms with Crippen molar-refractivity contribution in [2.75, 3.05) is 19.7 Å². The van der Waals surface area contributed by atoms with E-state index in [1.54, 1.807) is 5.32 Å². The van der Waals surface area contributed by atoms with Gasteiger partial charge in [0, 0.05) is 19.0 Å². The molecular weight excluding hydrogens is 542 g/mol. The van der Waals surface area contributed by atoms with Crippen LogP contribution in [0.5, 0.6) is 0 Å². The lowest BCUT2D eigenvalue weighted by molar-refractivity contribution is -0.321. The number of Topliss-reactive ketones (excluding diaryl/α,β-unsaturated/α-hetero) is 1. The number of nitrogens with zero attached hydrogens (tertiary/aromatic N) is 1. The van der Waals surface area contributed by atoms with E-state index in [9.17, 15) is 50.3 Å². The molecule has 0 aromatic rings. The average Bonchev–Trinajstić information content (AvgIpc) is 3.13. The zero-order chi connectivity index (χ0) is 28.8. The fourth-order valence-corrected chi connectivity index (χ4v) is 5.79. The quantitative estimate of drug-likeness (QED) is 0.294. The average molecular weight is 570 g/mol. The predicted octanol–water partition coefficient (Wildman–Crippen LogP) is 0.941. The second-order valence-corrected chi connectivity index (χ2v) is 10.6. The number of ether oxygens (including phenoxy) is 1. The Hall–Kier alpha value is -2.91. The smallest absolute Gasteiger partial charge is 0.356 e. The lowest BCUT2D eigenvalue weighted by atomic mass is 9.92. The van der Waals surface area contributed by atoms with Crippen LogP contribution >= 0.6 is 0 Å². The molecule has 10 nitrogen and oxygen atoms in total. The van der Waals surface area contributed by atoms with Crippen LogP contribution in [-0.2, 0) is 28.7 Å². The standard InChI is InChI=1S/C23H28F6N4O6/c24-22(25,26)21(5-6-21)32-19(37)20(38)33-9-12-2-1-3-13(12)16(33)18(36)31-14(8-11-4-7-30-17(11)35)15(34)10-39-23(27,28)29/h11-14,16H,1-10H2,(H,30,35)(H,31,36)(H,32,37)/t11-,12-,13-,14-,16-/m0/s1. The molecule has 4 amide bonds. The third-order valence-corrected chi connectivity index (χ3v) is 8.03. The van der Waals surface area contributed by atoms with Crippen LogP contribution in [0.4, 0.5) is 26.3 Å². The van der Waals surface area contributed by atoms with Gasteiger partial charge in [-0.05, 0) is 50.4 Å². The highest BCUT2D eigenvalue weighted by molar-refractivity contribution is 6.35. The fraction of sp³-hybridized carbons (Fsp3) is 0.783. The number of nitrogens with one attached hydrogen (secondary N) is 3. The van der Waals surface area contributed by atoms with Crippen molar-refractivity contribution in [3.63, 3.8) is 0 Å². The Bertz CT molecular complexity index is 1030. The normalized spacial score (nSPS) is 28.5. The van der Waals surface area contributed by atoms with Crippen molar-refractivity contribution >= 4 is 29.4 Å². The Morgan fingerprint density at radius 3 is 2.33 bits per heavy atom.